The third-order valence-corrected chi connectivity index (χ3v) is 8.66. The van der Waals surface area contributed by atoms with Crippen LogP contribution in [0.2, 0.25) is 0 Å². The standard InChI is InChI=1S/C31H43NO3/c1-21(25-9-5-10-26(15-14-25)27-11-3-8-24(18-27)20-32)31(35)28-12-2-6-22(17-28)16-23-7-4-13-29(33)30(34)19-23/h2-3,6,8,11-12,17-18,21,23,25-26,29-30,33-34H,4-5,7,9-10,13-16,19-20,32H2,1H3. The predicted octanol–water partition coefficient (Wildman–Crippen LogP) is 5.78. The first-order chi connectivity index (χ1) is 16.9. The predicted molar refractivity (Wildman–Crippen MR) is 141 cm³/mol. The summed E-state index contributed by atoms with van der Waals surface area (Å²) in [7, 11) is 0. The van der Waals surface area contributed by atoms with Crippen molar-refractivity contribution in [1.82, 2.24) is 0 Å². The van der Waals surface area contributed by atoms with Crippen LogP contribution in [0.25, 0.3) is 0 Å². The Morgan fingerprint density at radius 3 is 2.51 bits per heavy atom. The van der Waals surface area contributed by atoms with E-state index in [4.69, 9.17) is 5.73 Å². The molecule has 4 N–H and O–H groups in total. The molecule has 0 heterocycles. The molecule has 6 unspecified atom stereocenters. The second kappa shape index (κ2) is 12.3. The summed E-state index contributed by atoms with van der Waals surface area (Å²) in [6.07, 6.45) is 8.56. The minimum atomic E-state index is -0.635. The molecule has 4 nitrogen and oxygen atoms in total. The zero-order valence-electron chi connectivity index (χ0n) is 21.2. The number of Topliss-reactive ketones (excluding diaryl/α,β-unsaturated/α-hetero) is 1. The van der Waals surface area contributed by atoms with Crippen LogP contribution in [0.4, 0.5) is 0 Å². The third kappa shape index (κ3) is 6.81. The highest BCUT2D eigenvalue weighted by molar-refractivity contribution is 5.98. The highest BCUT2D eigenvalue weighted by Crippen LogP contribution is 2.38. The van der Waals surface area contributed by atoms with Gasteiger partial charge in [-0.15, -0.1) is 0 Å². The van der Waals surface area contributed by atoms with Gasteiger partial charge in [0.05, 0.1) is 12.2 Å². The smallest absolute Gasteiger partial charge is 0.165 e. The van der Waals surface area contributed by atoms with E-state index in [1.165, 1.54) is 17.5 Å². The molecule has 2 aliphatic rings. The molecule has 190 valence electrons. The van der Waals surface area contributed by atoms with Gasteiger partial charge in [-0.25, -0.2) is 0 Å². The molecule has 2 aromatic rings. The average molecular weight is 478 g/mol. The Kier molecular flexibility index (Phi) is 9.16. The van der Waals surface area contributed by atoms with Gasteiger partial charge < -0.3 is 15.9 Å². The monoisotopic (exact) mass is 477 g/mol. The molecule has 2 fully saturated rings. The fraction of sp³-hybridized carbons (Fsp3) is 0.581. The molecule has 0 amide bonds. The quantitative estimate of drug-likeness (QED) is 0.348. The van der Waals surface area contributed by atoms with E-state index in [9.17, 15) is 15.0 Å². The summed E-state index contributed by atoms with van der Waals surface area (Å²) in [5.74, 6) is 1.62. The van der Waals surface area contributed by atoms with Crippen LogP contribution in [0, 0.1) is 17.8 Å². The Hall–Kier alpha value is -2.01. The maximum absolute atomic E-state index is 13.5. The van der Waals surface area contributed by atoms with Crippen molar-refractivity contribution in [2.45, 2.75) is 95.8 Å². The number of hydrogen-bond acceptors (Lipinski definition) is 4. The summed E-state index contributed by atoms with van der Waals surface area (Å²) in [5.41, 5.74) is 10.4. The Morgan fingerprint density at radius 2 is 1.69 bits per heavy atom. The molecule has 0 spiro atoms. The molecular weight excluding hydrogens is 434 g/mol. The van der Waals surface area contributed by atoms with Gasteiger partial charge in [-0.2, -0.15) is 0 Å². The van der Waals surface area contributed by atoms with Crippen molar-refractivity contribution in [3.05, 3.63) is 70.8 Å². The number of benzene rings is 2. The lowest BCUT2D eigenvalue weighted by Crippen LogP contribution is -2.26. The van der Waals surface area contributed by atoms with Crippen LogP contribution in [-0.4, -0.2) is 28.2 Å². The number of hydrogen-bond donors (Lipinski definition) is 3. The van der Waals surface area contributed by atoms with Gasteiger partial charge in [-0.05, 0) is 91.9 Å². The Labute approximate surface area is 211 Å². The number of aliphatic hydroxyl groups is 2. The molecule has 4 heteroatoms. The molecular formula is C31H43NO3. The van der Waals surface area contributed by atoms with E-state index in [0.29, 0.717) is 37.1 Å². The molecule has 2 aliphatic carbocycles. The number of carbonyl (C=O) groups is 1. The van der Waals surface area contributed by atoms with Crippen LogP contribution in [-0.2, 0) is 13.0 Å². The van der Waals surface area contributed by atoms with E-state index in [-0.39, 0.29) is 11.7 Å². The van der Waals surface area contributed by atoms with E-state index in [1.54, 1.807) is 0 Å². The average Bonchev–Trinajstić information content (AvgIpc) is 3.22. The molecule has 0 bridgehead atoms. The van der Waals surface area contributed by atoms with Gasteiger partial charge in [0.25, 0.3) is 0 Å². The van der Waals surface area contributed by atoms with Crippen molar-refractivity contribution in [3.8, 4) is 0 Å². The summed E-state index contributed by atoms with van der Waals surface area (Å²) in [6, 6.07) is 16.9. The van der Waals surface area contributed by atoms with Gasteiger partial charge in [0.1, 0.15) is 0 Å². The van der Waals surface area contributed by atoms with Gasteiger partial charge in [-0.1, -0.05) is 62.2 Å². The lowest BCUT2D eigenvalue weighted by Gasteiger charge is -2.22. The second-order valence-electron chi connectivity index (χ2n) is 11.1. The van der Waals surface area contributed by atoms with Crippen LogP contribution in [0.5, 0.6) is 0 Å². The molecule has 35 heavy (non-hydrogen) atoms. The minimum absolute atomic E-state index is 0.0224. The van der Waals surface area contributed by atoms with E-state index in [0.717, 1.165) is 56.1 Å². The molecule has 6 atom stereocenters. The summed E-state index contributed by atoms with van der Waals surface area (Å²) in [4.78, 5) is 13.5. The van der Waals surface area contributed by atoms with E-state index in [1.807, 2.05) is 12.1 Å². The van der Waals surface area contributed by atoms with Crippen LogP contribution in [0.3, 0.4) is 0 Å². The van der Waals surface area contributed by atoms with Crippen molar-refractivity contribution in [1.29, 1.82) is 0 Å². The molecule has 0 saturated heterocycles. The lowest BCUT2D eigenvalue weighted by atomic mass is 9.81. The molecule has 0 aliphatic heterocycles. The normalized spacial score (nSPS) is 28.6. The van der Waals surface area contributed by atoms with Crippen molar-refractivity contribution in [2.75, 3.05) is 0 Å². The van der Waals surface area contributed by atoms with Crippen LogP contribution in [0.1, 0.15) is 97.7 Å². The second-order valence-corrected chi connectivity index (χ2v) is 11.1. The zero-order chi connectivity index (χ0) is 24.8. The maximum Gasteiger partial charge on any atom is 0.165 e. The van der Waals surface area contributed by atoms with Crippen molar-refractivity contribution >= 4 is 5.78 Å². The number of nitrogens with two attached hydrogens (primary N) is 1. The van der Waals surface area contributed by atoms with E-state index >= 15 is 0 Å². The van der Waals surface area contributed by atoms with Gasteiger partial charge in [0.15, 0.2) is 5.78 Å². The summed E-state index contributed by atoms with van der Waals surface area (Å²) in [5, 5.41) is 20.2. The minimum Gasteiger partial charge on any atom is -0.390 e. The van der Waals surface area contributed by atoms with E-state index < -0.39 is 12.2 Å². The third-order valence-electron chi connectivity index (χ3n) is 8.66. The zero-order valence-corrected chi connectivity index (χ0v) is 21.2. The van der Waals surface area contributed by atoms with Gasteiger partial charge in [0, 0.05) is 18.0 Å². The van der Waals surface area contributed by atoms with Gasteiger partial charge in [-0.3, -0.25) is 4.79 Å². The van der Waals surface area contributed by atoms with Crippen LogP contribution < -0.4 is 5.73 Å². The SMILES string of the molecule is CC(C(=O)c1cccc(CC2CCCC(O)C(O)C2)c1)C1CCCC(c2cccc(CN)c2)CC1. The van der Waals surface area contributed by atoms with Crippen LogP contribution in [0.15, 0.2) is 48.5 Å². The van der Waals surface area contributed by atoms with Gasteiger partial charge in [0.2, 0.25) is 0 Å². The molecule has 2 saturated carbocycles. The first-order valence-corrected chi connectivity index (χ1v) is 13.7. The molecule has 0 aromatic heterocycles. The largest absolute Gasteiger partial charge is 0.390 e. The molecule has 2 aromatic carbocycles. The topological polar surface area (TPSA) is 83.5 Å². The first kappa shape index (κ1) is 26.1. The maximum atomic E-state index is 13.5. The first-order valence-electron chi connectivity index (χ1n) is 13.7. The van der Waals surface area contributed by atoms with Crippen molar-refractivity contribution in [3.63, 3.8) is 0 Å². The number of rotatable bonds is 7. The van der Waals surface area contributed by atoms with Gasteiger partial charge >= 0.3 is 0 Å². The molecule has 0 radical (unpaired) electrons. The fourth-order valence-corrected chi connectivity index (χ4v) is 6.41. The Bertz CT molecular complexity index is 973. The Morgan fingerprint density at radius 1 is 0.914 bits per heavy atom. The van der Waals surface area contributed by atoms with Crippen molar-refractivity contribution < 1.29 is 15.0 Å². The summed E-state index contributed by atoms with van der Waals surface area (Å²) < 4.78 is 0. The number of aliphatic hydroxyl groups excluding tert-OH is 2. The highest BCUT2D eigenvalue weighted by atomic mass is 16.3. The van der Waals surface area contributed by atoms with E-state index in [2.05, 4.69) is 43.3 Å². The molecule has 4 rings (SSSR count). The number of ketones is 1. The lowest BCUT2D eigenvalue weighted by molar-refractivity contribution is 0.0103. The summed E-state index contributed by atoms with van der Waals surface area (Å²) in [6.45, 7) is 2.70. The van der Waals surface area contributed by atoms with Crippen LogP contribution >= 0.6 is 0 Å². The highest BCUT2D eigenvalue weighted by Gasteiger charge is 2.29. The summed E-state index contributed by atoms with van der Waals surface area (Å²) >= 11 is 0. The number of carbonyl (C=O) groups excluding carboxylic acids is 1. The fourth-order valence-electron chi connectivity index (χ4n) is 6.41. The Balaban J connectivity index is 1.37. The van der Waals surface area contributed by atoms with Crippen molar-refractivity contribution in [2.24, 2.45) is 23.5 Å².